The number of halogens is 2. The maximum Gasteiger partial charge on any atom is 0.317 e. The van der Waals surface area contributed by atoms with E-state index in [0.29, 0.717) is 36.3 Å². The normalized spacial score (nSPS) is 30.1. The number of likely N-dealkylation sites (tertiary alicyclic amines) is 1. The van der Waals surface area contributed by atoms with E-state index in [9.17, 15) is 9.90 Å². The van der Waals surface area contributed by atoms with Gasteiger partial charge in [-0.25, -0.2) is 4.79 Å². The van der Waals surface area contributed by atoms with E-state index < -0.39 is 5.60 Å². The standard InChI is InChI=1S/C24H34Cl2N2O4/c1-22(2,30)19-6-7-23(3,32-19)20-13-24(15-31-20)8-10-28(11-9-24)21(29)27-14-16-4-5-17(25)12-18(16)26/h4-5,12,19-20,30H,6-11,13-15H2,1-3H3,(H,27,29)/t19-,20-,23-/m1/s1. The summed E-state index contributed by atoms with van der Waals surface area (Å²) in [4.78, 5) is 14.6. The van der Waals surface area contributed by atoms with Crippen molar-refractivity contribution in [1.82, 2.24) is 10.2 Å². The van der Waals surface area contributed by atoms with Crippen molar-refractivity contribution in [3.63, 3.8) is 0 Å². The summed E-state index contributed by atoms with van der Waals surface area (Å²) in [6.07, 6.45) is 4.39. The van der Waals surface area contributed by atoms with Gasteiger partial charge in [0.05, 0.1) is 30.0 Å². The fourth-order valence-corrected chi connectivity index (χ4v) is 5.73. The van der Waals surface area contributed by atoms with Crippen LogP contribution in [0.5, 0.6) is 0 Å². The van der Waals surface area contributed by atoms with Crippen LogP contribution in [0.15, 0.2) is 18.2 Å². The number of nitrogens with zero attached hydrogens (tertiary/aromatic N) is 1. The van der Waals surface area contributed by atoms with E-state index in [1.54, 1.807) is 12.1 Å². The quantitative estimate of drug-likeness (QED) is 0.644. The molecule has 3 atom stereocenters. The van der Waals surface area contributed by atoms with Crippen LogP contribution in [0.2, 0.25) is 10.0 Å². The van der Waals surface area contributed by atoms with E-state index in [1.807, 2.05) is 24.8 Å². The van der Waals surface area contributed by atoms with E-state index in [0.717, 1.165) is 37.7 Å². The van der Waals surface area contributed by atoms with Gasteiger partial charge in [-0.15, -0.1) is 0 Å². The first-order valence-corrected chi connectivity index (χ1v) is 12.2. The van der Waals surface area contributed by atoms with Crippen molar-refractivity contribution in [2.24, 2.45) is 5.41 Å². The van der Waals surface area contributed by atoms with Crippen LogP contribution in [0.25, 0.3) is 0 Å². The van der Waals surface area contributed by atoms with Crippen LogP contribution in [0.3, 0.4) is 0 Å². The van der Waals surface area contributed by atoms with Crippen LogP contribution in [-0.2, 0) is 16.0 Å². The highest BCUT2D eigenvalue weighted by Crippen LogP contribution is 2.49. The number of aliphatic hydroxyl groups is 1. The molecule has 6 nitrogen and oxygen atoms in total. The highest BCUT2D eigenvalue weighted by atomic mass is 35.5. The van der Waals surface area contributed by atoms with E-state index in [-0.39, 0.29) is 29.3 Å². The monoisotopic (exact) mass is 484 g/mol. The van der Waals surface area contributed by atoms with Crippen LogP contribution in [0, 0.1) is 5.41 Å². The minimum atomic E-state index is -0.844. The highest BCUT2D eigenvalue weighted by Gasteiger charge is 2.53. The molecule has 4 rings (SSSR count). The molecule has 1 aromatic carbocycles. The second-order valence-corrected chi connectivity index (χ2v) is 11.3. The number of amides is 2. The van der Waals surface area contributed by atoms with E-state index in [1.165, 1.54) is 0 Å². The number of carbonyl (C=O) groups excluding carboxylic acids is 1. The van der Waals surface area contributed by atoms with Crippen molar-refractivity contribution in [3.05, 3.63) is 33.8 Å². The summed E-state index contributed by atoms with van der Waals surface area (Å²) in [5, 5.41) is 14.4. The molecule has 1 aromatic rings. The molecule has 0 unspecified atom stereocenters. The molecule has 3 aliphatic rings. The van der Waals surface area contributed by atoms with Crippen LogP contribution >= 0.6 is 23.2 Å². The average molecular weight is 485 g/mol. The number of carbonyl (C=O) groups is 1. The van der Waals surface area contributed by atoms with Gasteiger partial charge in [-0.1, -0.05) is 29.3 Å². The molecule has 0 bridgehead atoms. The molecule has 8 heteroatoms. The van der Waals surface area contributed by atoms with E-state index >= 15 is 0 Å². The molecule has 2 amide bonds. The van der Waals surface area contributed by atoms with E-state index in [2.05, 4.69) is 12.2 Å². The van der Waals surface area contributed by atoms with Gasteiger partial charge in [0.25, 0.3) is 0 Å². The molecule has 3 heterocycles. The molecular weight excluding hydrogens is 451 g/mol. The molecule has 3 fully saturated rings. The number of hydrogen-bond donors (Lipinski definition) is 2. The number of urea groups is 1. The highest BCUT2D eigenvalue weighted by molar-refractivity contribution is 6.35. The van der Waals surface area contributed by atoms with Gasteiger partial charge in [0.15, 0.2) is 0 Å². The molecule has 1 spiro atoms. The van der Waals surface area contributed by atoms with Crippen molar-refractivity contribution in [3.8, 4) is 0 Å². The van der Waals surface area contributed by atoms with Gasteiger partial charge < -0.3 is 24.8 Å². The zero-order valence-electron chi connectivity index (χ0n) is 19.1. The van der Waals surface area contributed by atoms with Crippen molar-refractivity contribution in [2.75, 3.05) is 19.7 Å². The average Bonchev–Trinajstić information content (AvgIpc) is 3.33. The van der Waals surface area contributed by atoms with Gasteiger partial charge in [-0.05, 0) is 76.0 Å². The summed E-state index contributed by atoms with van der Waals surface area (Å²) in [6.45, 7) is 8.23. The second-order valence-electron chi connectivity index (χ2n) is 10.5. The minimum absolute atomic E-state index is 0.0299. The molecule has 0 aliphatic carbocycles. The third kappa shape index (κ3) is 5.05. The number of piperidine rings is 1. The molecule has 0 aromatic heterocycles. The predicted molar refractivity (Wildman–Crippen MR) is 125 cm³/mol. The van der Waals surface area contributed by atoms with Crippen molar-refractivity contribution in [2.45, 2.75) is 82.8 Å². The maximum atomic E-state index is 12.7. The Kier molecular flexibility index (Phi) is 6.74. The van der Waals surface area contributed by atoms with Gasteiger partial charge in [0.1, 0.15) is 0 Å². The van der Waals surface area contributed by atoms with Crippen LogP contribution in [0.4, 0.5) is 4.79 Å². The largest absolute Gasteiger partial charge is 0.388 e. The first-order chi connectivity index (χ1) is 15.0. The molecule has 3 saturated heterocycles. The lowest BCUT2D eigenvalue weighted by atomic mass is 9.74. The summed E-state index contributed by atoms with van der Waals surface area (Å²) in [5.74, 6) is 0. The zero-order chi connectivity index (χ0) is 23.1. The van der Waals surface area contributed by atoms with Gasteiger partial charge in [-0.2, -0.15) is 0 Å². The minimum Gasteiger partial charge on any atom is -0.388 e. The van der Waals surface area contributed by atoms with Crippen LogP contribution in [0.1, 0.15) is 58.4 Å². The lowest BCUT2D eigenvalue weighted by molar-refractivity contribution is -0.155. The summed E-state index contributed by atoms with van der Waals surface area (Å²) in [7, 11) is 0. The number of hydrogen-bond acceptors (Lipinski definition) is 4. The summed E-state index contributed by atoms with van der Waals surface area (Å²) < 4.78 is 12.6. The Morgan fingerprint density at radius 1 is 1.28 bits per heavy atom. The summed E-state index contributed by atoms with van der Waals surface area (Å²) >= 11 is 12.1. The van der Waals surface area contributed by atoms with Gasteiger partial charge in [0.2, 0.25) is 0 Å². The molecule has 0 radical (unpaired) electrons. The molecule has 178 valence electrons. The van der Waals surface area contributed by atoms with Crippen molar-refractivity contribution < 1.29 is 19.4 Å². The first-order valence-electron chi connectivity index (χ1n) is 11.5. The van der Waals surface area contributed by atoms with Gasteiger partial charge >= 0.3 is 6.03 Å². The summed E-state index contributed by atoms with van der Waals surface area (Å²) in [6, 6.07) is 5.22. The first kappa shape index (κ1) is 24.1. The number of benzene rings is 1. The Morgan fingerprint density at radius 2 is 2.00 bits per heavy atom. The zero-order valence-corrected chi connectivity index (χ0v) is 20.6. The lowest BCUT2D eigenvalue weighted by Gasteiger charge is -2.39. The number of rotatable bonds is 4. The Morgan fingerprint density at radius 3 is 2.62 bits per heavy atom. The molecular formula is C24H34Cl2N2O4. The Bertz CT molecular complexity index is 851. The smallest absolute Gasteiger partial charge is 0.317 e. The van der Waals surface area contributed by atoms with Gasteiger partial charge in [-0.3, -0.25) is 0 Å². The van der Waals surface area contributed by atoms with Crippen molar-refractivity contribution >= 4 is 29.2 Å². The van der Waals surface area contributed by atoms with Crippen LogP contribution in [-0.4, -0.2) is 59.1 Å². The third-order valence-corrected chi connectivity index (χ3v) is 8.14. The van der Waals surface area contributed by atoms with E-state index in [4.69, 9.17) is 32.7 Å². The number of ether oxygens (including phenoxy) is 2. The number of nitrogens with one attached hydrogen (secondary N) is 1. The molecule has 0 saturated carbocycles. The predicted octanol–water partition coefficient (Wildman–Crippen LogP) is 4.78. The molecule has 32 heavy (non-hydrogen) atoms. The van der Waals surface area contributed by atoms with Gasteiger partial charge in [0, 0.05) is 29.7 Å². The van der Waals surface area contributed by atoms with Crippen molar-refractivity contribution in [1.29, 1.82) is 0 Å². The molecule has 2 N–H and O–H groups in total. The van der Waals surface area contributed by atoms with Crippen LogP contribution < -0.4 is 5.32 Å². The fraction of sp³-hybridized carbons (Fsp3) is 0.708. The SMILES string of the molecule is CC(C)(O)[C@H]1CC[C@](C)([C@H]2CC3(CCN(C(=O)NCc4ccc(Cl)cc4Cl)CC3)CO2)O1. The maximum absolute atomic E-state index is 12.7. The summed E-state index contributed by atoms with van der Waals surface area (Å²) in [5.41, 5.74) is -0.261. The third-order valence-electron chi connectivity index (χ3n) is 7.55. The fourth-order valence-electron chi connectivity index (χ4n) is 5.26. The Labute approximate surface area is 200 Å². The second kappa shape index (κ2) is 8.95. The molecule has 3 aliphatic heterocycles. The Balaban J connectivity index is 1.28. The lowest BCUT2D eigenvalue weighted by Crippen LogP contribution is -2.48. The topological polar surface area (TPSA) is 71.0 Å². The Hall–Kier alpha value is -1.05.